The summed E-state index contributed by atoms with van der Waals surface area (Å²) in [5.41, 5.74) is 0.962. The van der Waals surface area contributed by atoms with Crippen LogP contribution in [0.3, 0.4) is 0 Å². The lowest BCUT2D eigenvalue weighted by atomic mass is 10.3. The number of para-hydroxylation sites is 1. The first kappa shape index (κ1) is 13.9. The molecule has 0 radical (unpaired) electrons. The summed E-state index contributed by atoms with van der Waals surface area (Å²) in [6, 6.07) is 13.2. The first-order chi connectivity index (χ1) is 9.69. The lowest BCUT2D eigenvalue weighted by Gasteiger charge is -2.09. The van der Waals surface area contributed by atoms with Crippen LogP contribution in [-0.2, 0) is 4.79 Å². The van der Waals surface area contributed by atoms with E-state index >= 15 is 0 Å². The zero-order valence-electron chi connectivity index (χ0n) is 11.0. The van der Waals surface area contributed by atoms with E-state index in [2.05, 4.69) is 10.6 Å². The van der Waals surface area contributed by atoms with Crippen LogP contribution in [0.15, 0.2) is 48.5 Å². The van der Waals surface area contributed by atoms with Gasteiger partial charge in [-0.15, -0.1) is 0 Å². The maximum absolute atomic E-state index is 13.3. The normalized spacial score (nSPS) is 9.90. The maximum Gasteiger partial charge on any atom is 0.243 e. The summed E-state index contributed by atoms with van der Waals surface area (Å²) < 4.78 is 18.4. The van der Waals surface area contributed by atoms with Gasteiger partial charge in [0.15, 0.2) is 0 Å². The fraction of sp³-hybridized carbons (Fsp3) is 0.133. The Morgan fingerprint density at radius 3 is 2.50 bits per heavy atom. The van der Waals surface area contributed by atoms with Crippen LogP contribution in [0.4, 0.5) is 15.8 Å². The van der Waals surface area contributed by atoms with Crippen molar-refractivity contribution in [2.75, 3.05) is 24.3 Å². The quantitative estimate of drug-likeness (QED) is 0.881. The van der Waals surface area contributed by atoms with E-state index in [9.17, 15) is 9.18 Å². The second-order valence-corrected chi connectivity index (χ2v) is 4.11. The zero-order valence-corrected chi connectivity index (χ0v) is 11.0. The van der Waals surface area contributed by atoms with Gasteiger partial charge in [0.25, 0.3) is 0 Å². The van der Waals surface area contributed by atoms with Gasteiger partial charge in [0.05, 0.1) is 19.3 Å². The number of halogens is 1. The highest BCUT2D eigenvalue weighted by Gasteiger charge is 2.04. The van der Waals surface area contributed by atoms with Crippen LogP contribution >= 0.6 is 0 Å². The molecule has 2 aromatic rings. The number of anilines is 2. The average molecular weight is 274 g/mol. The van der Waals surface area contributed by atoms with E-state index in [1.807, 2.05) is 0 Å². The van der Waals surface area contributed by atoms with E-state index in [0.717, 1.165) is 0 Å². The molecule has 0 aliphatic heterocycles. The van der Waals surface area contributed by atoms with Crippen molar-refractivity contribution in [3.05, 3.63) is 54.3 Å². The van der Waals surface area contributed by atoms with Gasteiger partial charge in [-0.25, -0.2) is 4.39 Å². The highest BCUT2D eigenvalue weighted by Crippen LogP contribution is 2.15. The Kier molecular flexibility index (Phi) is 4.55. The Morgan fingerprint density at radius 2 is 1.85 bits per heavy atom. The molecule has 0 bridgehead atoms. The van der Waals surface area contributed by atoms with Crippen LogP contribution < -0.4 is 15.4 Å². The van der Waals surface area contributed by atoms with E-state index in [4.69, 9.17) is 4.74 Å². The Bertz CT molecular complexity index is 585. The molecule has 4 nitrogen and oxygen atoms in total. The second-order valence-electron chi connectivity index (χ2n) is 4.11. The zero-order chi connectivity index (χ0) is 14.4. The third-order valence-electron chi connectivity index (χ3n) is 2.69. The molecule has 0 atom stereocenters. The minimum atomic E-state index is -0.384. The molecular weight excluding hydrogens is 259 g/mol. The van der Waals surface area contributed by atoms with Crippen LogP contribution in [0.2, 0.25) is 0 Å². The van der Waals surface area contributed by atoms with Crippen molar-refractivity contribution in [2.45, 2.75) is 0 Å². The van der Waals surface area contributed by atoms with Crippen molar-refractivity contribution >= 4 is 17.3 Å². The van der Waals surface area contributed by atoms with Crippen LogP contribution in [0.25, 0.3) is 0 Å². The fourth-order valence-corrected chi connectivity index (χ4v) is 1.66. The van der Waals surface area contributed by atoms with Crippen molar-refractivity contribution in [2.24, 2.45) is 0 Å². The molecule has 20 heavy (non-hydrogen) atoms. The molecule has 2 N–H and O–H groups in total. The van der Waals surface area contributed by atoms with Gasteiger partial charge >= 0.3 is 0 Å². The number of carbonyl (C=O) groups excluding carboxylic acids is 1. The number of benzene rings is 2. The number of hydrogen-bond donors (Lipinski definition) is 2. The summed E-state index contributed by atoms with van der Waals surface area (Å²) in [6.07, 6.45) is 0. The monoisotopic (exact) mass is 274 g/mol. The molecule has 0 fully saturated rings. The van der Waals surface area contributed by atoms with Gasteiger partial charge in [-0.05, 0) is 36.4 Å². The van der Waals surface area contributed by atoms with Crippen molar-refractivity contribution in [3.63, 3.8) is 0 Å². The molecule has 0 spiro atoms. The van der Waals surface area contributed by atoms with Gasteiger partial charge in [-0.2, -0.15) is 0 Å². The van der Waals surface area contributed by atoms with Crippen molar-refractivity contribution in [1.82, 2.24) is 0 Å². The fourth-order valence-electron chi connectivity index (χ4n) is 1.66. The topological polar surface area (TPSA) is 50.4 Å². The molecule has 104 valence electrons. The first-order valence-corrected chi connectivity index (χ1v) is 6.11. The molecule has 0 aromatic heterocycles. The summed E-state index contributed by atoms with van der Waals surface area (Å²) >= 11 is 0. The van der Waals surface area contributed by atoms with E-state index in [1.165, 1.54) is 6.07 Å². The number of ether oxygens (including phenoxy) is 1. The van der Waals surface area contributed by atoms with E-state index in [-0.39, 0.29) is 18.3 Å². The minimum absolute atomic E-state index is 0.00698. The predicted octanol–water partition coefficient (Wildman–Crippen LogP) is 2.88. The average Bonchev–Trinajstić information content (AvgIpc) is 2.47. The smallest absolute Gasteiger partial charge is 0.243 e. The molecular formula is C15H15FN2O2. The highest BCUT2D eigenvalue weighted by atomic mass is 19.1. The first-order valence-electron chi connectivity index (χ1n) is 6.11. The largest absolute Gasteiger partial charge is 0.497 e. The lowest BCUT2D eigenvalue weighted by Crippen LogP contribution is -2.22. The Hall–Kier alpha value is -2.56. The summed E-state index contributed by atoms with van der Waals surface area (Å²) in [5, 5.41) is 5.45. The summed E-state index contributed by atoms with van der Waals surface area (Å²) in [7, 11) is 1.58. The third kappa shape index (κ3) is 3.71. The van der Waals surface area contributed by atoms with Crippen molar-refractivity contribution < 1.29 is 13.9 Å². The molecule has 0 unspecified atom stereocenters. The Morgan fingerprint density at radius 1 is 1.15 bits per heavy atom. The SMILES string of the molecule is COc1ccc(NC(=O)CNc2ccccc2F)cc1. The number of nitrogens with one attached hydrogen (secondary N) is 2. The third-order valence-corrected chi connectivity index (χ3v) is 2.69. The molecule has 0 saturated carbocycles. The van der Waals surface area contributed by atoms with Crippen LogP contribution in [0, 0.1) is 5.82 Å². The number of rotatable bonds is 5. The van der Waals surface area contributed by atoms with E-state index in [0.29, 0.717) is 17.1 Å². The van der Waals surface area contributed by atoms with Crippen molar-refractivity contribution in [3.8, 4) is 5.75 Å². The van der Waals surface area contributed by atoms with Gasteiger partial charge in [-0.1, -0.05) is 12.1 Å². The predicted molar refractivity (Wildman–Crippen MR) is 76.5 cm³/mol. The molecule has 0 saturated heterocycles. The van der Waals surface area contributed by atoms with Gasteiger partial charge in [0.2, 0.25) is 5.91 Å². The van der Waals surface area contributed by atoms with Crippen LogP contribution in [0.1, 0.15) is 0 Å². The molecule has 0 aliphatic carbocycles. The van der Waals surface area contributed by atoms with Crippen LogP contribution in [0.5, 0.6) is 5.75 Å². The molecule has 1 amide bonds. The summed E-state index contributed by atoms with van der Waals surface area (Å²) in [6.45, 7) is -0.00698. The standard InChI is InChI=1S/C15H15FN2O2/c1-20-12-8-6-11(7-9-12)18-15(19)10-17-14-5-3-2-4-13(14)16/h2-9,17H,10H2,1H3,(H,18,19). The highest BCUT2D eigenvalue weighted by molar-refractivity contribution is 5.93. The minimum Gasteiger partial charge on any atom is -0.497 e. The molecule has 2 rings (SSSR count). The van der Waals surface area contributed by atoms with E-state index in [1.54, 1.807) is 49.6 Å². The number of methoxy groups -OCH3 is 1. The van der Waals surface area contributed by atoms with Gasteiger partial charge in [-0.3, -0.25) is 4.79 Å². The molecule has 2 aromatic carbocycles. The number of carbonyl (C=O) groups is 1. The molecule has 0 aliphatic rings. The summed E-state index contributed by atoms with van der Waals surface area (Å²) in [4.78, 5) is 11.7. The van der Waals surface area contributed by atoms with Gasteiger partial charge in [0, 0.05) is 5.69 Å². The van der Waals surface area contributed by atoms with Gasteiger partial charge < -0.3 is 15.4 Å². The van der Waals surface area contributed by atoms with Crippen molar-refractivity contribution in [1.29, 1.82) is 0 Å². The van der Waals surface area contributed by atoms with E-state index < -0.39 is 0 Å². The lowest BCUT2D eigenvalue weighted by molar-refractivity contribution is -0.114. The maximum atomic E-state index is 13.3. The summed E-state index contributed by atoms with van der Waals surface area (Å²) in [5.74, 6) is 0.0793. The van der Waals surface area contributed by atoms with Crippen LogP contribution in [-0.4, -0.2) is 19.6 Å². The van der Waals surface area contributed by atoms with Gasteiger partial charge in [0.1, 0.15) is 11.6 Å². The second kappa shape index (κ2) is 6.56. The number of amides is 1. The number of hydrogen-bond acceptors (Lipinski definition) is 3. The Labute approximate surface area is 116 Å². The Balaban J connectivity index is 1.87. The molecule has 5 heteroatoms. The molecule has 0 heterocycles.